The van der Waals surface area contributed by atoms with Crippen LogP contribution in [-0.4, -0.2) is 55.2 Å². The predicted molar refractivity (Wildman–Crippen MR) is 121 cm³/mol. The summed E-state index contributed by atoms with van der Waals surface area (Å²) in [6.45, 7) is 0.554. The van der Waals surface area contributed by atoms with Gasteiger partial charge in [-0.05, 0) is 29.3 Å². The predicted octanol–water partition coefficient (Wildman–Crippen LogP) is 2.80. The minimum Gasteiger partial charge on any atom is -0.497 e. The zero-order chi connectivity index (χ0) is 25.0. The smallest absolute Gasteiger partial charge is 0.416 e. The zero-order valence-electron chi connectivity index (χ0n) is 19.3. The molecular weight excluding hydrogens is 465 g/mol. The van der Waals surface area contributed by atoms with Crippen LogP contribution in [0.5, 0.6) is 5.75 Å². The highest BCUT2D eigenvalue weighted by Crippen LogP contribution is 2.36. The van der Waals surface area contributed by atoms with E-state index in [1.54, 1.807) is 13.2 Å². The van der Waals surface area contributed by atoms with Crippen LogP contribution in [-0.2, 0) is 33.5 Å². The highest BCUT2D eigenvalue weighted by Gasteiger charge is 2.50. The molecule has 2 heterocycles. The molecule has 1 amide bonds. The van der Waals surface area contributed by atoms with Crippen molar-refractivity contribution in [2.45, 2.75) is 62.6 Å². The number of benzene rings is 2. The Morgan fingerprint density at radius 3 is 2.54 bits per heavy atom. The first kappa shape index (κ1) is 25.4. The highest BCUT2D eigenvalue weighted by atomic mass is 19.4. The molecule has 190 valence electrons. The summed E-state index contributed by atoms with van der Waals surface area (Å²) in [4.78, 5) is 12.3. The van der Waals surface area contributed by atoms with Crippen molar-refractivity contribution in [2.24, 2.45) is 0 Å². The Morgan fingerprint density at radius 2 is 1.86 bits per heavy atom. The van der Waals surface area contributed by atoms with Crippen molar-refractivity contribution in [1.29, 1.82) is 0 Å². The third kappa shape index (κ3) is 6.32. The molecule has 2 aromatic rings. The van der Waals surface area contributed by atoms with E-state index in [0.717, 1.165) is 17.4 Å². The van der Waals surface area contributed by atoms with E-state index in [9.17, 15) is 23.1 Å². The number of amides is 1. The Balaban J connectivity index is 1.20. The van der Waals surface area contributed by atoms with Gasteiger partial charge in [0.05, 0.1) is 37.4 Å². The summed E-state index contributed by atoms with van der Waals surface area (Å²) < 4.78 is 56.3. The number of methoxy groups -OCH3 is 1. The molecule has 4 rings (SSSR count). The molecule has 2 fully saturated rings. The Bertz CT molecular complexity index is 1000. The molecule has 7 nitrogen and oxygen atoms in total. The van der Waals surface area contributed by atoms with Crippen LogP contribution in [0.1, 0.15) is 29.5 Å². The first-order chi connectivity index (χ1) is 16.7. The van der Waals surface area contributed by atoms with Gasteiger partial charge in [0, 0.05) is 26.1 Å². The number of rotatable bonds is 9. The molecule has 2 aliphatic heterocycles. The van der Waals surface area contributed by atoms with Gasteiger partial charge in [-0.15, -0.1) is 0 Å². The Kier molecular flexibility index (Phi) is 7.95. The van der Waals surface area contributed by atoms with Crippen molar-refractivity contribution in [1.82, 2.24) is 10.6 Å². The van der Waals surface area contributed by atoms with E-state index >= 15 is 0 Å². The second kappa shape index (κ2) is 10.9. The van der Waals surface area contributed by atoms with E-state index in [4.69, 9.17) is 14.2 Å². The molecule has 10 heteroatoms. The van der Waals surface area contributed by atoms with E-state index in [1.807, 2.05) is 24.3 Å². The minimum absolute atomic E-state index is 0.00452. The average molecular weight is 495 g/mol. The van der Waals surface area contributed by atoms with Crippen LogP contribution in [0, 0.1) is 0 Å². The summed E-state index contributed by atoms with van der Waals surface area (Å²) >= 11 is 0. The standard InChI is InChI=1S/C25H29F3N2O5/c1-33-17-8-6-15(7-9-17)12-30-22(31)11-18-10-20-24(34-18)23(32)21(35-20)14-29-13-16-4-2-3-5-19(16)25(26,27)28/h2-9,18,20-21,23-24,29,32H,10-14H2,1H3,(H,30,31)/t18-,20+,21+,23+,24-/m0/s1. The van der Waals surface area contributed by atoms with Gasteiger partial charge < -0.3 is 30.0 Å². The Labute approximate surface area is 201 Å². The third-order valence-corrected chi connectivity index (χ3v) is 6.32. The lowest BCUT2D eigenvalue weighted by molar-refractivity contribution is -0.138. The molecule has 2 aromatic carbocycles. The summed E-state index contributed by atoms with van der Waals surface area (Å²) in [6, 6.07) is 12.8. The second-order valence-electron chi connectivity index (χ2n) is 8.78. The number of aliphatic hydroxyl groups is 1. The van der Waals surface area contributed by atoms with Crippen molar-refractivity contribution in [3.63, 3.8) is 0 Å². The quantitative estimate of drug-likeness (QED) is 0.497. The van der Waals surface area contributed by atoms with Crippen molar-refractivity contribution in [2.75, 3.05) is 13.7 Å². The summed E-state index contributed by atoms with van der Waals surface area (Å²) in [5.74, 6) is 0.575. The van der Waals surface area contributed by atoms with Crippen LogP contribution in [0.2, 0.25) is 0 Å². The number of fused-ring (bicyclic) bond motifs is 1. The highest BCUT2D eigenvalue weighted by molar-refractivity contribution is 5.76. The van der Waals surface area contributed by atoms with Gasteiger partial charge in [-0.3, -0.25) is 4.79 Å². The number of hydrogen-bond acceptors (Lipinski definition) is 6. The molecular formula is C25H29F3N2O5. The molecule has 0 bridgehead atoms. The van der Waals surface area contributed by atoms with Crippen LogP contribution in [0.4, 0.5) is 13.2 Å². The molecule has 0 unspecified atom stereocenters. The first-order valence-corrected chi connectivity index (χ1v) is 11.5. The minimum atomic E-state index is -4.43. The van der Waals surface area contributed by atoms with Crippen LogP contribution in [0.3, 0.4) is 0 Å². The van der Waals surface area contributed by atoms with Gasteiger partial charge >= 0.3 is 6.18 Å². The van der Waals surface area contributed by atoms with Crippen molar-refractivity contribution >= 4 is 5.91 Å². The fourth-order valence-corrected chi connectivity index (χ4v) is 4.53. The summed E-state index contributed by atoms with van der Waals surface area (Å²) in [5, 5.41) is 16.4. The third-order valence-electron chi connectivity index (χ3n) is 6.32. The number of halogens is 3. The second-order valence-corrected chi connectivity index (χ2v) is 8.78. The van der Waals surface area contributed by atoms with Gasteiger partial charge in [0.1, 0.15) is 18.0 Å². The molecule has 5 atom stereocenters. The molecule has 0 saturated carbocycles. The normalized spacial score (nSPS) is 25.9. The summed E-state index contributed by atoms with van der Waals surface area (Å²) in [7, 11) is 1.59. The largest absolute Gasteiger partial charge is 0.497 e. The van der Waals surface area contributed by atoms with Gasteiger partial charge in [-0.1, -0.05) is 30.3 Å². The lowest BCUT2D eigenvalue weighted by Crippen LogP contribution is -2.39. The van der Waals surface area contributed by atoms with Crippen LogP contribution >= 0.6 is 0 Å². The van der Waals surface area contributed by atoms with Gasteiger partial charge in [0.2, 0.25) is 5.91 Å². The number of aliphatic hydroxyl groups excluding tert-OH is 1. The van der Waals surface area contributed by atoms with Crippen molar-refractivity contribution in [3.8, 4) is 5.75 Å². The Morgan fingerprint density at radius 1 is 1.11 bits per heavy atom. The molecule has 0 aromatic heterocycles. The van der Waals surface area contributed by atoms with Crippen LogP contribution in [0.25, 0.3) is 0 Å². The SMILES string of the molecule is COc1ccc(CNC(=O)C[C@@H]2C[C@H]3O[C@H](CNCc4ccccc4C(F)(F)F)[C@@H](O)[C@H]3O2)cc1. The van der Waals surface area contributed by atoms with Crippen LogP contribution in [0.15, 0.2) is 48.5 Å². The molecule has 0 radical (unpaired) electrons. The number of alkyl halides is 3. The number of carbonyl (C=O) groups excluding carboxylic acids is 1. The molecule has 3 N–H and O–H groups in total. The zero-order valence-corrected chi connectivity index (χ0v) is 19.3. The maximum Gasteiger partial charge on any atom is 0.416 e. The fourth-order valence-electron chi connectivity index (χ4n) is 4.53. The average Bonchev–Trinajstić information content (AvgIpc) is 3.35. The van der Waals surface area contributed by atoms with Gasteiger partial charge in [-0.25, -0.2) is 0 Å². The molecule has 2 aliphatic rings. The molecule has 2 saturated heterocycles. The maximum atomic E-state index is 13.1. The lowest BCUT2D eigenvalue weighted by atomic mass is 10.1. The van der Waals surface area contributed by atoms with Gasteiger partial charge in [0.15, 0.2) is 0 Å². The topological polar surface area (TPSA) is 89.1 Å². The first-order valence-electron chi connectivity index (χ1n) is 11.5. The van der Waals surface area contributed by atoms with E-state index in [1.165, 1.54) is 12.1 Å². The number of carbonyl (C=O) groups is 1. The summed E-state index contributed by atoms with van der Waals surface area (Å²) in [6.07, 6.45) is -6.65. The van der Waals surface area contributed by atoms with Crippen LogP contribution < -0.4 is 15.4 Å². The van der Waals surface area contributed by atoms with Gasteiger partial charge in [-0.2, -0.15) is 13.2 Å². The number of ether oxygens (including phenoxy) is 3. The van der Waals surface area contributed by atoms with E-state index in [-0.39, 0.29) is 43.2 Å². The molecule has 0 spiro atoms. The number of nitrogens with one attached hydrogen (secondary N) is 2. The van der Waals surface area contributed by atoms with E-state index in [0.29, 0.717) is 13.0 Å². The molecule has 0 aliphatic carbocycles. The number of hydrogen-bond donors (Lipinski definition) is 3. The maximum absolute atomic E-state index is 13.1. The van der Waals surface area contributed by atoms with Gasteiger partial charge in [0.25, 0.3) is 0 Å². The monoisotopic (exact) mass is 494 g/mol. The lowest BCUT2D eigenvalue weighted by Gasteiger charge is -2.20. The Hall–Kier alpha value is -2.66. The van der Waals surface area contributed by atoms with Crippen molar-refractivity contribution in [3.05, 3.63) is 65.2 Å². The molecule has 35 heavy (non-hydrogen) atoms. The van der Waals surface area contributed by atoms with Crippen molar-refractivity contribution < 1.29 is 37.3 Å². The van der Waals surface area contributed by atoms with E-state index in [2.05, 4.69) is 10.6 Å². The van der Waals surface area contributed by atoms with E-state index < -0.39 is 30.1 Å². The fraction of sp³-hybridized carbons (Fsp3) is 0.480. The summed E-state index contributed by atoms with van der Waals surface area (Å²) in [5.41, 5.74) is 0.383.